The van der Waals surface area contributed by atoms with Gasteiger partial charge in [0.05, 0.1) is 12.7 Å². The average Bonchev–Trinajstić information content (AvgIpc) is 3.15. The van der Waals surface area contributed by atoms with Crippen molar-refractivity contribution in [3.05, 3.63) is 66.5 Å². The fourth-order valence-corrected chi connectivity index (χ4v) is 2.85. The minimum atomic E-state index is -0.521. The van der Waals surface area contributed by atoms with E-state index in [1.54, 1.807) is 10.9 Å². The fourth-order valence-electron chi connectivity index (χ4n) is 2.85. The number of carbonyl (C=O) groups is 1. The highest BCUT2D eigenvalue weighted by Crippen LogP contribution is 2.32. The number of hydrogen-bond acceptors (Lipinski definition) is 5. The molecule has 0 bridgehead atoms. The molecule has 3 rings (SSSR count). The second kappa shape index (κ2) is 9.35. The monoisotopic (exact) mass is 408 g/mol. The molecule has 0 atom stereocenters. The SMILES string of the molecule is CC(C)(C)OC(=O)NCCn1cc(-c2cc(N)ccc2OCc2ccccc2)cn1. The maximum atomic E-state index is 11.8. The lowest BCUT2D eigenvalue weighted by atomic mass is 10.1. The van der Waals surface area contributed by atoms with Crippen molar-refractivity contribution in [2.45, 2.75) is 39.5 Å². The van der Waals surface area contributed by atoms with Crippen molar-refractivity contribution in [1.82, 2.24) is 15.1 Å². The van der Waals surface area contributed by atoms with Gasteiger partial charge in [-0.1, -0.05) is 30.3 Å². The van der Waals surface area contributed by atoms with E-state index in [0.717, 1.165) is 22.4 Å². The van der Waals surface area contributed by atoms with Crippen LogP contribution in [-0.2, 0) is 17.9 Å². The molecule has 7 nitrogen and oxygen atoms in total. The molecule has 0 saturated carbocycles. The van der Waals surface area contributed by atoms with E-state index in [1.807, 2.05) is 75.5 Å². The van der Waals surface area contributed by atoms with E-state index >= 15 is 0 Å². The largest absolute Gasteiger partial charge is 0.488 e. The molecule has 1 aromatic heterocycles. The lowest BCUT2D eigenvalue weighted by Crippen LogP contribution is -2.34. The normalized spacial score (nSPS) is 11.2. The Hall–Kier alpha value is -3.48. The lowest BCUT2D eigenvalue weighted by Gasteiger charge is -2.19. The number of nitrogens with zero attached hydrogens (tertiary/aromatic N) is 2. The van der Waals surface area contributed by atoms with Gasteiger partial charge in [0, 0.05) is 29.6 Å². The summed E-state index contributed by atoms with van der Waals surface area (Å²) in [6, 6.07) is 15.5. The maximum Gasteiger partial charge on any atom is 0.407 e. The molecule has 0 spiro atoms. The van der Waals surface area contributed by atoms with Gasteiger partial charge < -0.3 is 20.5 Å². The summed E-state index contributed by atoms with van der Waals surface area (Å²) in [5.74, 6) is 0.736. The molecule has 2 aromatic carbocycles. The molecule has 0 saturated heterocycles. The van der Waals surface area contributed by atoms with Crippen LogP contribution >= 0.6 is 0 Å². The van der Waals surface area contributed by atoms with Crippen molar-refractivity contribution < 1.29 is 14.3 Å². The number of ether oxygens (including phenoxy) is 2. The van der Waals surface area contributed by atoms with Gasteiger partial charge in [-0.2, -0.15) is 5.10 Å². The number of benzene rings is 2. The van der Waals surface area contributed by atoms with E-state index in [1.165, 1.54) is 0 Å². The number of anilines is 1. The van der Waals surface area contributed by atoms with E-state index in [2.05, 4.69) is 10.4 Å². The molecule has 1 heterocycles. The van der Waals surface area contributed by atoms with Crippen molar-refractivity contribution in [3.63, 3.8) is 0 Å². The first-order valence-corrected chi connectivity index (χ1v) is 9.86. The minimum Gasteiger partial charge on any atom is -0.488 e. The van der Waals surface area contributed by atoms with Crippen molar-refractivity contribution >= 4 is 11.8 Å². The highest BCUT2D eigenvalue weighted by atomic mass is 16.6. The van der Waals surface area contributed by atoms with E-state index in [4.69, 9.17) is 15.2 Å². The Balaban J connectivity index is 1.64. The fraction of sp³-hybridized carbons (Fsp3) is 0.304. The molecule has 0 aliphatic heterocycles. The van der Waals surface area contributed by atoms with Crippen LogP contribution in [0.1, 0.15) is 26.3 Å². The molecule has 0 aliphatic carbocycles. The molecule has 30 heavy (non-hydrogen) atoms. The molecule has 0 unspecified atom stereocenters. The minimum absolute atomic E-state index is 0.407. The lowest BCUT2D eigenvalue weighted by molar-refractivity contribution is 0.0525. The van der Waals surface area contributed by atoms with E-state index in [0.29, 0.717) is 25.4 Å². The third-order valence-electron chi connectivity index (χ3n) is 4.19. The van der Waals surface area contributed by atoms with E-state index in [-0.39, 0.29) is 0 Å². The summed E-state index contributed by atoms with van der Waals surface area (Å²) in [6.07, 6.45) is 3.22. The third kappa shape index (κ3) is 6.27. The first-order chi connectivity index (χ1) is 14.3. The summed E-state index contributed by atoms with van der Waals surface area (Å²) in [5, 5.41) is 7.11. The topological polar surface area (TPSA) is 91.4 Å². The molecule has 3 N–H and O–H groups in total. The van der Waals surface area contributed by atoms with Crippen molar-refractivity contribution in [2.24, 2.45) is 0 Å². The first-order valence-electron chi connectivity index (χ1n) is 9.86. The predicted octanol–water partition coefficient (Wildman–Crippen LogP) is 4.24. The highest BCUT2D eigenvalue weighted by Gasteiger charge is 2.15. The van der Waals surface area contributed by atoms with Gasteiger partial charge in [-0.3, -0.25) is 4.68 Å². The Bertz CT molecular complexity index is 978. The molecular formula is C23H28N4O3. The number of nitrogens with one attached hydrogen (secondary N) is 1. The van der Waals surface area contributed by atoms with Gasteiger partial charge in [-0.05, 0) is 44.5 Å². The van der Waals surface area contributed by atoms with Crippen LogP contribution in [0.15, 0.2) is 60.9 Å². The second-order valence-corrected chi connectivity index (χ2v) is 7.95. The molecule has 0 fully saturated rings. The first kappa shape index (κ1) is 21.2. The average molecular weight is 409 g/mol. The summed E-state index contributed by atoms with van der Waals surface area (Å²) in [7, 11) is 0. The summed E-state index contributed by atoms with van der Waals surface area (Å²) in [6.45, 7) is 6.87. The van der Waals surface area contributed by atoms with Gasteiger partial charge in [0.15, 0.2) is 0 Å². The standard InChI is InChI=1S/C23H28N4O3/c1-23(2,3)30-22(28)25-11-12-27-15-18(14-26-27)20-13-19(24)9-10-21(20)29-16-17-7-5-4-6-8-17/h4-10,13-15H,11-12,16,24H2,1-3H3,(H,25,28). The summed E-state index contributed by atoms with van der Waals surface area (Å²) in [5.41, 5.74) is 8.98. The molecule has 3 aromatic rings. The molecular weight excluding hydrogens is 380 g/mol. The third-order valence-corrected chi connectivity index (χ3v) is 4.19. The van der Waals surface area contributed by atoms with Crippen LogP contribution in [-0.4, -0.2) is 28.0 Å². The van der Waals surface area contributed by atoms with Gasteiger partial charge in [-0.25, -0.2) is 4.79 Å². The molecule has 0 radical (unpaired) electrons. The number of aromatic nitrogens is 2. The molecule has 1 amide bonds. The van der Waals surface area contributed by atoms with Crippen LogP contribution in [0.4, 0.5) is 10.5 Å². The van der Waals surface area contributed by atoms with Crippen molar-refractivity contribution in [1.29, 1.82) is 0 Å². The smallest absolute Gasteiger partial charge is 0.407 e. The van der Waals surface area contributed by atoms with Gasteiger partial charge in [0.1, 0.15) is 18.0 Å². The summed E-state index contributed by atoms with van der Waals surface area (Å²) < 4.78 is 13.0. The van der Waals surface area contributed by atoms with Gasteiger partial charge in [0.25, 0.3) is 0 Å². The number of nitrogens with two attached hydrogens (primary N) is 1. The zero-order valence-corrected chi connectivity index (χ0v) is 17.6. The Morgan fingerprint density at radius 3 is 2.67 bits per heavy atom. The number of carbonyl (C=O) groups excluding carboxylic acids is 1. The molecule has 7 heteroatoms. The van der Waals surface area contributed by atoms with Crippen LogP contribution in [0.2, 0.25) is 0 Å². The van der Waals surface area contributed by atoms with Gasteiger partial charge >= 0.3 is 6.09 Å². The summed E-state index contributed by atoms with van der Waals surface area (Å²) in [4.78, 5) is 11.8. The Labute approximate surface area is 176 Å². The Kier molecular flexibility index (Phi) is 6.61. The number of rotatable bonds is 7. The van der Waals surface area contributed by atoms with Crippen LogP contribution in [0.25, 0.3) is 11.1 Å². The zero-order chi connectivity index (χ0) is 21.6. The maximum absolute atomic E-state index is 11.8. The predicted molar refractivity (Wildman–Crippen MR) is 117 cm³/mol. The Morgan fingerprint density at radius 1 is 1.17 bits per heavy atom. The number of amides is 1. The van der Waals surface area contributed by atoms with Crippen LogP contribution in [0.3, 0.4) is 0 Å². The van der Waals surface area contributed by atoms with E-state index in [9.17, 15) is 4.79 Å². The highest BCUT2D eigenvalue weighted by molar-refractivity contribution is 5.73. The van der Waals surface area contributed by atoms with Gasteiger partial charge in [-0.15, -0.1) is 0 Å². The van der Waals surface area contributed by atoms with Gasteiger partial charge in [0.2, 0.25) is 0 Å². The van der Waals surface area contributed by atoms with Crippen molar-refractivity contribution in [3.8, 4) is 16.9 Å². The van der Waals surface area contributed by atoms with Crippen LogP contribution < -0.4 is 15.8 Å². The summed E-state index contributed by atoms with van der Waals surface area (Å²) >= 11 is 0. The zero-order valence-electron chi connectivity index (χ0n) is 17.6. The molecule has 0 aliphatic rings. The van der Waals surface area contributed by atoms with Crippen LogP contribution in [0, 0.1) is 0 Å². The second-order valence-electron chi connectivity index (χ2n) is 7.95. The number of nitrogen functional groups attached to an aromatic ring is 1. The number of hydrogen-bond donors (Lipinski definition) is 2. The molecule has 158 valence electrons. The van der Waals surface area contributed by atoms with Crippen molar-refractivity contribution in [2.75, 3.05) is 12.3 Å². The van der Waals surface area contributed by atoms with E-state index < -0.39 is 11.7 Å². The number of alkyl carbamates (subject to hydrolysis) is 1. The van der Waals surface area contributed by atoms with Crippen LogP contribution in [0.5, 0.6) is 5.75 Å². The Morgan fingerprint density at radius 2 is 1.93 bits per heavy atom. The quantitative estimate of drug-likeness (QED) is 0.571.